The second-order valence-corrected chi connectivity index (χ2v) is 4.89. The maximum absolute atomic E-state index is 12.0. The van der Waals surface area contributed by atoms with Crippen LogP contribution in [0.25, 0.3) is 0 Å². The van der Waals surface area contributed by atoms with Gasteiger partial charge in [-0.1, -0.05) is 19.8 Å². The summed E-state index contributed by atoms with van der Waals surface area (Å²) in [7, 11) is 0. The molecule has 0 saturated heterocycles. The summed E-state index contributed by atoms with van der Waals surface area (Å²) in [5, 5.41) is 8.82. The molecule has 1 amide bonds. The van der Waals surface area contributed by atoms with Crippen molar-refractivity contribution < 1.29 is 19.4 Å². The molecule has 0 radical (unpaired) electrons. The molecule has 0 bridgehead atoms. The zero-order valence-electron chi connectivity index (χ0n) is 11.2. The average molecular weight is 257 g/mol. The first-order valence-electron chi connectivity index (χ1n) is 6.67. The van der Waals surface area contributed by atoms with Crippen molar-refractivity contribution in [1.29, 1.82) is 0 Å². The van der Waals surface area contributed by atoms with Crippen LogP contribution in [-0.4, -0.2) is 47.2 Å². The van der Waals surface area contributed by atoms with E-state index in [4.69, 9.17) is 9.84 Å². The number of carbonyl (C=O) groups is 2. The van der Waals surface area contributed by atoms with E-state index in [2.05, 4.69) is 0 Å². The van der Waals surface area contributed by atoms with Gasteiger partial charge in [0.2, 0.25) is 5.91 Å². The Bertz CT molecular complexity index is 287. The van der Waals surface area contributed by atoms with Crippen molar-refractivity contribution in [2.45, 2.75) is 58.1 Å². The fraction of sp³-hybridized carbons (Fsp3) is 0.846. The van der Waals surface area contributed by atoms with E-state index in [0.29, 0.717) is 0 Å². The molecular formula is C13H23NO4. The summed E-state index contributed by atoms with van der Waals surface area (Å²) in [5.74, 6) is -1.21. The number of aliphatic carboxylic acids is 1. The Morgan fingerprint density at radius 1 is 1.39 bits per heavy atom. The maximum atomic E-state index is 12.0. The van der Waals surface area contributed by atoms with Gasteiger partial charge in [0, 0.05) is 6.04 Å². The highest BCUT2D eigenvalue weighted by Gasteiger charge is 2.23. The number of carbonyl (C=O) groups excluding carboxylic acids is 1. The molecule has 1 atom stereocenters. The number of rotatable bonds is 7. The monoisotopic (exact) mass is 257 g/mol. The maximum Gasteiger partial charge on any atom is 0.323 e. The van der Waals surface area contributed by atoms with Gasteiger partial charge in [-0.3, -0.25) is 9.59 Å². The highest BCUT2D eigenvalue weighted by molar-refractivity contribution is 5.82. The number of nitrogens with zero attached hydrogens (tertiary/aromatic N) is 1. The predicted octanol–water partition coefficient (Wildman–Crippen LogP) is 1.66. The van der Waals surface area contributed by atoms with Crippen molar-refractivity contribution in [2.24, 2.45) is 0 Å². The van der Waals surface area contributed by atoms with Crippen LogP contribution >= 0.6 is 0 Å². The number of carboxylic acids is 1. The lowest BCUT2D eigenvalue weighted by Crippen LogP contribution is -2.44. The number of carboxylic acid groups (broad SMARTS) is 1. The third-order valence-corrected chi connectivity index (χ3v) is 3.49. The van der Waals surface area contributed by atoms with Crippen LogP contribution in [0.1, 0.15) is 46.0 Å². The molecule has 5 heteroatoms. The first-order chi connectivity index (χ1) is 8.54. The summed E-state index contributed by atoms with van der Waals surface area (Å²) in [6, 6.07) is -0.0687. The van der Waals surface area contributed by atoms with E-state index in [0.717, 1.165) is 32.1 Å². The van der Waals surface area contributed by atoms with Gasteiger partial charge in [-0.25, -0.2) is 0 Å². The van der Waals surface area contributed by atoms with Crippen LogP contribution in [-0.2, 0) is 14.3 Å². The van der Waals surface area contributed by atoms with E-state index in [1.54, 1.807) is 0 Å². The molecule has 1 aliphatic carbocycles. The van der Waals surface area contributed by atoms with Crippen LogP contribution in [0.2, 0.25) is 0 Å². The molecule has 18 heavy (non-hydrogen) atoms. The first-order valence-corrected chi connectivity index (χ1v) is 6.67. The van der Waals surface area contributed by atoms with E-state index in [1.165, 1.54) is 4.90 Å². The Morgan fingerprint density at radius 3 is 2.50 bits per heavy atom. The molecule has 0 aromatic carbocycles. The van der Waals surface area contributed by atoms with Crippen LogP contribution < -0.4 is 0 Å². The zero-order valence-corrected chi connectivity index (χ0v) is 11.2. The second kappa shape index (κ2) is 7.36. The third-order valence-electron chi connectivity index (χ3n) is 3.49. The van der Waals surface area contributed by atoms with E-state index in [-0.39, 0.29) is 31.2 Å². The van der Waals surface area contributed by atoms with Crippen LogP contribution in [0.3, 0.4) is 0 Å². The first kappa shape index (κ1) is 15.0. The quantitative estimate of drug-likeness (QED) is 0.753. The van der Waals surface area contributed by atoms with Crippen LogP contribution in [0.4, 0.5) is 0 Å². The van der Waals surface area contributed by atoms with E-state index >= 15 is 0 Å². The predicted molar refractivity (Wildman–Crippen MR) is 67.3 cm³/mol. The lowest BCUT2D eigenvalue weighted by molar-refractivity contribution is -0.149. The van der Waals surface area contributed by atoms with Gasteiger partial charge in [-0.2, -0.15) is 0 Å². The van der Waals surface area contributed by atoms with Crippen LogP contribution in [0, 0.1) is 0 Å². The summed E-state index contributed by atoms with van der Waals surface area (Å²) in [6.45, 7) is 3.55. The number of ether oxygens (including phenoxy) is 1. The molecule has 1 saturated carbocycles. The molecule has 1 unspecified atom stereocenters. The fourth-order valence-electron chi connectivity index (χ4n) is 2.18. The van der Waals surface area contributed by atoms with Gasteiger partial charge < -0.3 is 14.7 Å². The van der Waals surface area contributed by atoms with E-state index in [9.17, 15) is 9.59 Å². The molecular weight excluding hydrogens is 234 g/mol. The highest BCUT2D eigenvalue weighted by atomic mass is 16.5. The SMILES string of the molecule is CCC(C)N(CC(=O)O)C(=O)COC1CCCC1. The Kier molecular flexibility index (Phi) is 6.12. The fourth-order valence-corrected chi connectivity index (χ4v) is 2.18. The normalized spacial score (nSPS) is 17.7. The van der Waals surface area contributed by atoms with Gasteiger partial charge in [-0.15, -0.1) is 0 Å². The Hall–Kier alpha value is -1.10. The van der Waals surface area contributed by atoms with Gasteiger partial charge in [-0.05, 0) is 26.2 Å². The topological polar surface area (TPSA) is 66.8 Å². The van der Waals surface area contributed by atoms with Gasteiger partial charge in [0.15, 0.2) is 0 Å². The standard InChI is InChI=1S/C13H23NO4/c1-3-10(2)14(8-13(16)17)12(15)9-18-11-6-4-5-7-11/h10-11H,3-9H2,1-2H3,(H,16,17). The minimum Gasteiger partial charge on any atom is -0.480 e. The highest BCUT2D eigenvalue weighted by Crippen LogP contribution is 2.20. The summed E-state index contributed by atoms with van der Waals surface area (Å²) in [4.78, 5) is 24.1. The van der Waals surface area contributed by atoms with Crippen molar-refractivity contribution in [2.75, 3.05) is 13.2 Å². The molecule has 0 aromatic heterocycles. The Balaban J connectivity index is 2.44. The summed E-state index contributed by atoms with van der Waals surface area (Å²) in [6.07, 6.45) is 5.25. The summed E-state index contributed by atoms with van der Waals surface area (Å²) in [5.41, 5.74) is 0. The average Bonchev–Trinajstić information content (AvgIpc) is 2.85. The molecule has 1 aliphatic rings. The minimum absolute atomic E-state index is 0.00227. The molecule has 0 aliphatic heterocycles. The van der Waals surface area contributed by atoms with Crippen LogP contribution in [0.15, 0.2) is 0 Å². The molecule has 5 nitrogen and oxygen atoms in total. The molecule has 1 N–H and O–H groups in total. The largest absolute Gasteiger partial charge is 0.480 e. The molecule has 1 rings (SSSR count). The second-order valence-electron chi connectivity index (χ2n) is 4.89. The van der Waals surface area contributed by atoms with E-state index < -0.39 is 5.97 Å². The summed E-state index contributed by atoms with van der Waals surface area (Å²) < 4.78 is 5.54. The number of hydrogen-bond donors (Lipinski definition) is 1. The van der Waals surface area contributed by atoms with Gasteiger partial charge in [0.05, 0.1) is 6.10 Å². The summed E-state index contributed by atoms with van der Waals surface area (Å²) >= 11 is 0. The van der Waals surface area contributed by atoms with E-state index in [1.807, 2.05) is 13.8 Å². The molecule has 0 spiro atoms. The number of amides is 1. The Labute approximate surface area is 108 Å². The third kappa shape index (κ3) is 4.64. The van der Waals surface area contributed by atoms with Gasteiger partial charge >= 0.3 is 5.97 Å². The van der Waals surface area contributed by atoms with Crippen molar-refractivity contribution in [1.82, 2.24) is 4.90 Å². The van der Waals surface area contributed by atoms with Crippen molar-refractivity contribution in [3.05, 3.63) is 0 Å². The number of hydrogen-bond acceptors (Lipinski definition) is 3. The van der Waals surface area contributed by atoms with Crippen molar-refractivity contribution in [3.63, 3.8) is 0 Å². The van der Waals surface area contributed by atoms with Gasteiger partial charge in [0.1, 0.15) is 13.2 Å². The van der Waals surface area contributed by atoms with Crippen LogP contribution in [0.5, 0.6) is 0 Å². The molecule has 1 fully saturated rings. The molecule has 104 valence electrons. The molecule has 0 aromatic rings. The Morgan fingerprint density at radius 2 is 2.00 bits per heavy atom. The van der Waals surface area contributed by atoms with Crippen molar-refractivity contribution >= 4 is 11.9 Å². The van der Waals surface area contributed by atoms with Gasteiger partial charge in [0.25, 0.3) is 0 Å². The zero-order chi connectivity index (χ0) is 13.5. The van der Waals surface area contributed by atoms with Crippen molar-refractivity contribution in [3.8, 4) is 0 Å². The lowest BCUT2D eigenvalue weighted by atomic mass is 10.2. The smallest absolute Gasteiger partial charge is 0.323 e. The lowest BCUT2D eigenvalue weighted by Gasteiger charge is -2.27. The molecule has 0 heterocycles. The minimum atomic E-state index is -0.982.